The predicted molar refractivity (Wildman–Crippen MR) is 82.2 cm³/mol. The number of hydrogen-bond acceptors (Lipinski definition) is 3. The zero-order valence-electron chi connectivity index (χ0n) is 10.6. The number of nitrogens with two attached hydrogens (primary N) is 1. The molecule has 2 aromatic rings. The number of benzene rings is 1. The van der Waals surface area contributed by atoms with Crippen LogP contribution in [-0.4, -0.2) is 9.97 Å². The summed E-state index contributed by atoms with van der Waals surface area (Å²) in [6, 6.07) is 8.34. The van der Waals surface area contributed by atoms with Gasteiger partial charge in [0.05, 0.1) is 10.6 Å². The van der Waals surface area contributed by atoms with Crippen LogP contribution in [0.2, 0.25) is 0 Å². The van der Waals surface area contributed by atoms with Crippen molar-refractivity contribution >= 4 is 28.5 Å². The van der Waals surface area contributed by atoms with Crippen LogP contribution < -0.4 is 5.73 Å². The van der Waals surface area contributed by atoms with Gasteiger partial charge >= 0.3 is 0 Å². The minimum absolute atomic E-state index is 0.454. The Hall–Kier alpha value is -1.26. The predicted octanol–water partition coefficient (Wildman–Crippen LogP) is 3.71. The molecule has 2 nitrogen and oxygen atoms in total. The van der Waals surface area contributed by atoms with Gasteiger partial charge in [0, 0.05) is 5.56 Å². The van der Waals surface area contributed by atoms with Crippen molar-refractivity contribution in [1.82, 2.24) is 4.98 Å². The number of hydrogen-bond donors (Lipinski definition) is 1. The van der Waals surface area contributed by atoms with Crippen molar-refractivity contribution in [1.29, 1.82) is 0 Å². The average molecular weight is 276 g/mol. The Morgan fingerprint density at radius 3 is 2.83 bits per heavy atom. The Morgan fingerprint density at radius 1 is 1.44 bits per heavy atom. The summed E-state index contributed by atoms with van der Waals surface area (Å²) in [5, 5.41) is 1.00. The molecule has 0 radical (unpaired) electrons. The van der Waals surface area contributed by atoms with Gasteiger partial charge in [-0.25, -0.2) is 4.98 Å². The molecule has 18 heavy (non-hydrogen) atoms. The lowest BCUT2D eigenvalue weighted by atomic mass is 10.1. The first-order valence-electron chi connectivity index (χ1n) is 5.98. The first-order valence-corrected chi connectivity index (χ1v) is 7.21. The molecular formula is C14H16N2S2. The lowest BCUT2D eigenvalue weighted by Gasteiger charge is -1.97. The van der Waals surface area contributed by atoms with E-state index in [0.29, 0.717) is 4.99 Å². The van der Waals surface area contributed by atoms with Gasteiger partial charge in [-0.1, -0.05) is 49.3 Å². The second-order valence-electron chi connectivity index (χ2n) is 4.28. The summed E-state index contributed by atoms with van der Waals surface area (Å²) in [5.41, 5.74) is 9.17. The standard InChI is InChI=1S/C14H16N2S2/c1-3-5-11-12(13(15)17)18-14(16-11)10-7-4-6-9(2)8-10/h4,6-8H,3,5H2,1-2H3,(H2,15,17). The summed E-state index contributed by atoms with van der Waals surface area (Å²) in [6.07, 6.45) is 1.97. The summed E-state index contributed by atoms with van der Waals surface area (Å²) in [4.78, 5) is 6.10. The lowest BCUT2D eigenvalue weighted by Crippen LogP contribution is -2.09. The molecule has 4 heteroatoms. The molecule has 0 atom stereocenters. The highest BCUT2D eigenvalue weighted by Crippen LogP contribution is 2.29. The van der Waals surface area contributed by atoms with Gasteiger partial charge < -0.3 is 5.73 Å². The van der Waals surface area contributed by atoms with Crippen LogP contribution in [0.5, 0.6) is 0 Å². The summed E-state index contributed by atoms with van der Waals surface area (Å²) < 4.78 is 0. The monoisotopic (exact) mass is 276 g/mol. The Balaban J connectivity index is 2.46. The van der Waals surface area contributed by atoms with Crippen LogP contribution >= 0.6 is 23.6 Å². The van der Waals surface area contributed by atoms with Gasteiger partial charge in [0.2, 0.25) is 0 Å². The van der Waals surface area contributed by atoms with Crippen molar-refractivity contribution in [2.45, 2.75) is 26.7 Å². The SMILES string of the molecule is CCCc1nc(-c2cccc(C)c2)sc1C(N)=S. The molecule has 0 aliphatic carbocycles. The normalized spacial score (nSPS) is 10.6. The zero-order chi connectivity index (χ0) is 13.1. The first-order chi connectivity index (χ1) is 8.61. The summed E-state index contributed by atoms with van der Waals surface area (Å²) in [5.74, 6) is 0. The molecule has 0 saturated carbocycles. The maximum atomic E-state index is 5.77. The fraction of sp³-hybridized carbons (Fsp3) is 0.286. The van der Waals surface area contributed by atoms with Crippen LogP contribution in [0.25, 0.3) is 10.6 Å². The van der Waals surface area contributed by atoms with Crippen molar-refractivity contribution in [3.63, 3.8) is 0 Å². The molecule has 0 spiro atoms. The van der Waals surface area contributed by atoms with E-state index in [4.69, 9.17) is 18.0 Å². The molecule has 0 aliphatic rings. The maximum Gasteiger partial charge on any atom is 0.124 e. The van der Waals surface area contributed by atoms with Crippen LogP contribution in [0.15, 0.2) is 24.3 Å². The van der Waals surface area contributed by atoms with E-state index in [1.807, 2.05) is 6.07 Å². The molecule has 0 unspecified atom stereocenters. The van der Waals surface area contributed by atoms with Crippen molar-refractivity contribution in [3.8, 4) is 10.6 Å². The van der Waals surface area contributed by atoms with E-state index in [0.717, 1.165) is 34.0 Å². The van der Waals surface area contributed by atoms with Crippen LogP contribution in [0, 0.1) is 6.92 Å². The van der Waals surface area contributed by atoms with Crippen LogP contribution in [0.1, 0.15) is 29.5 Å². The third-order valence-electron chi connectivity index (χ3n) is 2.67. The fourth-order valence-electron chi connectivity index (χ4n) is 1.85. The molecule has 0 saturated heterocycles. The molecule has 0 bridgehead atoms. The van der Waals surface area contributed by atoms with Gasteiger partial charge in [-0.15, -0.1) is 11.3 Å². The van der Waals surface area contributed by atoms with Gasteiger partial charge in [0.25, 0.3) is 0 Å². The number of rotatable bonds is 4. The van der Waals surface area contributed by atoms with Crippen LogP contribution in [-0.2, 0) is 6.42 Å². The lowest BCUT2D eigenvalue weighted by molar-refractivity contribution is 0.892. The van der Waals surface area contributed by atoms with Crippen LogP contribution in [0.4, 0.5) is 0 Å². The first kappa shape index (κ1) is 13.2. The van der Waals surface area contributed by atoms with Gasteiger partial charge in [-0.3, -0.25) is 0 Å². The van der Waals surface area contributed by atoms with E-state index in [1.165, 1.54) is 5.56 Å². The largest absolute Gasteiger partial charge is 0.389 e. The maximum absolute atomic E-state index is 5.77. The van der Waals surface area contributed by atoms with Gasteiger partial charge in [0.15, 0.2) is 0 Å². The van der Waals surface area contributed by atoms with Crippen molar-refractivity contribution < 1.29 is 0 Å². The highest BCUT2D eigenvalue weighted by molar-refractivity contribution is 7.81. The number of thiocarbonyl (C=S) groups is 1. The minimum atomic E-state index is 0.454. The molecule has 0 amide bonds. The highest BCUT2D eigenvalue weighted by atomic mass is 32.1. The highest BCUT2D eigenvalue weighted by Gasteiger charge is 2.13. The Kier molecular flexibility index (Phi) is 4.09. The van der Waals surface area contributed by atoms with E-state index >= 15 is 0 Å². The van der Waals surface area contributed by atoms with E-state index < -0.39 is 0 Å². The van der Waals surface area contributed by atoms with Gasteiger partial charge in [-0.2, -0.15) is 0 Å². The second-order valence-corrected chi connectivity index (χ2v) is 5.72. The number of aromatic nitrogens is 1. The van der Waals surface area contributed by atoms with E-state index in [9.17, 15) is 0 Å². The number of aryl methyl sites for hydroxylation is 2. The van der Waals surface area contributed by atoms with Crippen molar-refractivity contribution in [2.75, 3.05) is 0 Å². The molecule has 2 rings (SSSR count). The summed E-state index contributed by atoms with van der Waals surface area (Å²) >= 11 is 6.69. The van der Waals surface area contributed by atoms with Crippen molar-refractivity contribution in [2.24, 2.45) is 5.73 Å². The Bertz CT molecular complexity index is 573. The summed E-state index contributed by atoms with van der Waals surface area (Å²) in [6.45, 7) is 4.22. The molecule has 1 heterocycles. The smallest absolute Gasteiger partial charge is 0.124 e. The average Bonchev–Trinajstić information content (AvgIpc) is 2.74. The molecule has 0 fully saturated rings. The van der Waals surface area contributed by atoms with Gasteiger partial charge in [0.1, 0.15) is 10.00 Å². The van der Waals surface area contributed by atoms with Gasteiger partial charge in [-0.05, 0) is 19.4 Å². The summed E-state index contributed by atoms with van der Waals surface area (Å²) in [7, 11) is 0. The van der Waals surface area contributed by atoms with E-state index in [1.54, 1.807) is 11.3 Å². The Labute approximate surface area is 117 Å². The third kappa shape index (κ3) is 2.76. The van der Waals surface area contributed by atoms with E-state index in [-0.39, 0.29) is 0 Å². The molecule has 0 aliphatic heterocycles. The van der Waals surface area contributed by atoms with E-state index in [2.05, 4.69) is 37.0 Å². The molecule has 1 aromatic carbocycles. The molecule has 1 aromatic heterocycles. The van der Waals surface area contributed by atoms with Crippen LogP contribution in [0.3, 0.4) is 0 Å². The topological polar surface area (TPSA) is 38.9 Å². The number of nitrogens with zero attached hydrogens (tertiary/aromatic N) is 1. The van der Waals surface area contributed by atoms with Crippen molar-refractivity contribution in [3.05, 3.63) is 40.4 Å². The second kappa shape index (κ2) is 5.59. The Morgan fingerprint density at radius 2 is 2.22 bits per heavy atom. The molecule has 94 valence electrons. The fourth-order valence-corrected chi connectivity index (χ4v) is 3.05. The zero-order valence-corrected chi connectivity index (χ0v) is 12.2. The third-order valence-corrected chi connectivity index (χ3v) is 4.19. The number of thiazole rings is 1. The molecular weight excluding hydrogens is 260 g/mol. The minimum Gasteiger partial charge on any atom is -0.389 e. The molecule has 2 N–H and O–H groups in total. The quantitative estimate of drug-likeness (QED) is 0.865.